The van der Waals surface area contributed by atoms with Crippen LogP contribution in [0.1, 0.15) is 50.2 Å². The van der Waals surface area contributed by atoms with Crippen LogP contribution in [-0.2, 0) is 26.8 Å². The fourth-order valence-corrected chi connectivity index (χ4v) is 2.92. The quantitative estimate of drug-likeness (QED) is 0.508. The molecule has 8 heteroatoms. The van der Waals surface area contributed by atoms with Gasteiger partial charge in [-0.3, -0.25) is 0 Å². The van der Waals surface area contributed by atoms with E-state index in [0.29, 0.717) is 0 Å². The van der Waals surface area contributed by atoms with Gasteiger partial charge in [0.15, 0.2) is 0 Å². The molecule has 0 radical (unpaired) electrons. The van der Waals surface area contributed by atoms with Crippen LogP contribution in [0.5, 0.6) is 0 Å². The van der Waals surface area contributed by atoms with Gasteiger partial charge in [-0.15, -0.1) is 0 Å². The molecule has 1 saturated carbocycles. The minimum atomic E-state index is -5.05. The second-order valence-corrected chi connectivity index (χ2v) is 6.38. The summed E-state index contributed by atoms with van der Waals surface area (Å²) in [5, 5.41) is 0. The van der Waals surface area contributed by atoms with Gasteiger partial charge in [0.25, 0.3) is 0 Å². The third-order valence-electron chi connectivity index (χ3n) is 4.27. The molecule has 1 aromatic rings. The van der Waals surface area contributed by atoms with Crippen LogP contribution >= 0.6 is 0 Å². The maximum absolute atomic E-state index is 14.3. The zero-order valence-electron chi connectivity index (χ0n) is 14.3. The number of aryl methyl sites for hydroxylation is 1. The molecule has 0 heterocycles. The Kier molecular flexibility index (Phi) is 6.60. The molecule has 1 aliphatic carbocycles. The topological polar surface area (TPSA) is 35.5 Å². The van der Waals surface area contributed by atoms with E-state index in [1.807, 2.05) is 6.92 Å². The standard InChI is InChI=1S/C18H21F5O3/c1-2-3-12-4-6-13(7-5-12)18(22,23)26-15-10-8-14(9-11-15)25-16(24)17(19,20)21/h4-7,14-15H,2-3,8-11H2,1H3. The van der Waals surface area contributed by atoms with Crippen LogP contribution in [0.25, 0.3) is 0 Å². The minimum Gasteiger partial charge on any atom is -0.456 e. The van der Waals surface area contributed by atoms with E-state index < -0.39 is 30.5 Å². The van der Waals surface area contributed by atoms with E-state index in [4.69, 9.17) is 4.74 Å². The highest BCUT2D eigenvalue weighted by Gasteiger charge is 2.43. The van der Waals surface area contributed by atoms with E-state index in [1.54, 1.807) is 12.1 Å². The number of carbonyl (C=O) groups excluding carboxylic acids is 1. The molecule has 0 unspecified atom stereocenters. The van der Waals surface area contributed by atoms with Gasteiger partial charge < -0.3 is 9.47 Å². The molecule has 0 N–H and O–H groups in total. The number of halogens is 5. The number of esters is 1. The summed E-state index contributed by atoms with van der Waals surface area (Å²) >= 11 is 0. The molecular weight excluding hydrogens is 359 g/mol. The molecule has 1 aromatic carbocycles. The Morgan fingerprint density at radius 1 is 1.00 bits per heavy atom. The summed E-state index contributed by atoms with van der Waals surface area (Å²) in [6, 6.07) is 5.90. The molecule has 0 aliphatic heterocycles. The van der Waals surface area contributed by atoms with E-state index in [2.05, 4.69) is 4.74 Å². The van der Waals surface area contributed by atoms with Crippen molar-refractivity contribution in [2.75, 3.05) is 0 Å². The van der Waals surface area contributed by atoms with E-state index in [9.17, 15) is 26.7 Å². The largest absolute Gasteiger partial charge is 0.490 e. The van der Waals surface area contributed by atoms with E-state index in [-0.39, 0.29) is 31.2 Å². The predicted octanol–water partition coefficient (Wildman–Crippen LogP) is 5.12. The lowest BCUT2D eigenvalue weighted by molar-refractivity contribution is -0.279. The van der Waals surface area contributed by atoms with Crippen LogP contribution in [0.2, 0.25) is 0 Å². The summed E-state index contributed by atoms with van der Waals surface area (Å²) in [6.07, 6.45) is -8.25. The van der Waals surface area contributed by atoms with Crippen molar-refractivity contribution in [3.63, 3.8) is 0 Å². The fraction of sp³-hybridized carbons (Fsp3) is 0.611. The smallest absolute Gasteiger partial charge is 0.456 e. The first-order valence-corrected chi connectivity index (χ1v) is 8.54. The molecule has 1 fully saturated rings. The Bertz CT molecular complexity index is 590. The summed E-state index contributed by atoms with van der Waals surface area (Å²) < 4.78 is 74.3. The normalized spacial score (nSPS) is 21.5. The van der Waals surface area contributed by atoms with E-state index >= 15 is 0 Å². The van der Waals surface area contributed by atoms with Crippen molar-refractivity contribution < 1.29 is 36.2 Å². The number of hydrogen-bond acceptors (Lipinski definition) is 3. The molecule has 0 aromatic heterocycles. The third-order valence-corrected chi connectivity index (χ3v) is 4.27. The van der Waals surface area contributed by atoms with E-state index in [0.717, 1.165) is 18.4 Å². The van der Waals surface area contributed by atoms with Crippen molar-refractivity contribution in [3.05, 3.63) is 35.4 Å². The van der Waals surface area contributed by atoms with Gasteiger partial charge in [-0.2, -0.15) is 22.0 Å². The van der Waals surface area contributed by atoms with Crippen LogP contribution in [-0.4, -0.2) is 24.4 Å². The Morgan fingerprint density at radius 2 is 1.54 bits per heavy atom. The first-order chi connectivity index (χ1) is 12.1. The van der Waals surface area contributed by atoms with Crippen molar-refractivity contribution in [2.24, 2.45) is 0 Å². The Balaban J connectivity index is 1.86. The van der Waals surface area contributed by atoms with Gasteiger partial charge in [-0.25, -0.2) is 4.79 Å². The number of rotatable bonds is 6. The summed E-state index contributed by atoms with van der Waals surface area (Å²) in [7, 11) is 0. The highest BCUT2D eigenvalue weighted by atomic mass is 19.4. The molecule has 0 atom stereocenters. The lowest BCUT2D eigenvalue weighted by Gasteiger charge is -2.31. The van der Waals surface area contributed by atoms with E-state index in [1.165, 1.54) is 12.1 Å². The van der Waals surface area contributed by atoms with Crippen LogP contribution < -0.4 is 0 Å². The SMILES string of the molecule is CCCc1ccc(C(F)(F)OC2CCC(OC(=O)C(F)(F)F)CC2)cc1. The maximum Gasteiger partial charge on any atom is 0.490 e. The van der Waals surface area contributed by atoms with Crippen LogP contribution in [0.15, 0.2) is 24.3 Å². The molecule has 0 saturated heterocycles. The van der Waals surface area contributed by atoms with Gasteiger partial charge in [0.05, 0.1) is 11.7 Å². The second-order valence-electron chi connectivity index (χ2n) is 6.38. The summed E-state index contributed by atoms with van der Waals surface area (Å²) in [6.45, 7) is 1.99. The fourth-order valence-electron chi connectivity index (χ4n) is 2.92. The molecule has 146 valence electrons. The number of ether oxygens (including phenoxy) is 2. The molecular formula is C18H21F5O3. The molecule has 2 rings (SSSR count). The zero-order valence-corrected chi connectivity index (χ0v) is 14.3. The Labute approximate surface area is 148 Å². The number of hydrogen-bond donors (Lipinski definition) is 0. The monoisotopic (exact) mass is 380 g/mol. The van der Waals surface area contributed by atoms with Crippen molar-refractivity contribution in [3.8, 4) is 0 Å². The average molecular weight is 380 g/mol. The molecule has 1 aliphatic rings. The van der Waals surface area contributed by atoms with Gasteiger partial charge in [-0.1, -0.05) is 37.6 Å². The highest BCUT2D eigenvalue weighted by molar-refractivity contribution is 5.75. The van der Waals surface area contributed by atoms with Crippen LogP contribution in [0.3, 0.4) is 0 Å². The summed E-state index contributed by atoms with van der Waals surface area (Å²) in [5.41, 5.74) is 0.696. The van der Waals surface area contributed by atoms with Crippen molar-refractivity contribution in [2.45, 2.75) is 69.9 Å². The lowest BCUT2D eigenvalue weighted by Crippen LogP contribution is -2.35. The van der Waals surface area contributed by atoms with Gasteiger partial charge in [0, 0.05) is 0 Å². The van der Waals surface area contributed by atoms with Gasteiger partial charge >= 0.3 is 18.3 Å². The first-order valence-electron chi connectivity index (χ1n) is 8.54. The summed E-state index contributed by atoms with van der Waals surface area (Å²) in [5.74, 6) is -2.25. The first kappa shape index (κ1) is 20.6. The molecule has 3 nitrogen and oxygen atoms in total. The number of carbonyl (C=O) groups is 1. The number of benzene rings is 1. The van der Waals surface area contributed by atoms with Crippen molar-refractivity contribution in [1.82, 2.24) is 0 Å². The Hall–Kier alpha value is -1.70. The lowest BCUT2D eigenvalue weighted by atomic mass is 9.95. The number of alkyl halides is 5. The molecule has 26 heavy (non-hydrogen) atoms. The maximum atomic E-state index is 14.3. The van der Waals surface area contributed by atoms with Crippen molar-refractivity contribution >= 4 is 5.97 Å². The molecule has 0 bridgehead atoms. The average Bonchev–Trinajstić information content (AvgIpc) is 2.56. The van der Waals surface area contributed by atoms with Gasteiger partial charge in [-0.05, 0) is 37.7 Å². The van der Waals surface area contributed by atoms with Crippen LogP contribution in [0, 0.1) is 0 Å². The molecule has 0 spiro atoms. The zero-order chi connectivity index (χ0) is 19.4. The Morgan fingerprint density at radius 3 is 2.04 bits per heavy atom. The van der Waals surface area contributed by atoms with Gasteiger partial charge in [0.1, 0.15) is 6.10 Å². The molecule has 0 amide bonds. The minimum absolute atomic E-state index is 0.0536. The highest BCUT2D eigenvalue weighted by Crippen LogP contribution is 2.35. The predicted molar refractivity (Wildman–Crippen MR) is 83.6 cm³/mol. The third kappa shape index (κ3) is 5.65. The van der Waals surface area contributed by atoms with Crippen LogP contribution in [0.4, 0.5) is 22.0 Å². The van der Waals surface area contributed by atoms with Crippen molar-refractivity contribution in [1.29, 1.82) is 0 Å². The second kappa shape index (κ2) is 8.33. The summed E-state index contributed by atoms with van der Waals surface area (Å²) in [4.78, 5) is 10.8. The van der Waals surface area contributed by atoms with Gasteiger partial charge in [0.2, 0.25) is 0 Å².